The van der Waals surface area contributed by atoms with Gasteiger partial charge in [-0.05, 0) is 24.6 Å². The van der Waals surface area contributed by atoms with Crippen molar-refractivity contribution in [3.63, 3.8) is 0 Å². The molecule has 0 fully saturated rings. The van der Waals surface area contributed by atoms with E-state index in [0.717, 1.165) is 5.56 Å². The van der Waals surface area contributed by atoms with Gasteiger partial charge in [0, 0.05) is 18.6 Å². The normalized spacial score (nSPS) is 10.7. The highest BCUT2D eigenvalue weighted by atomic mass is 35.5. The molecule has 5 nitrogen and oxygen atoms in total. The van der Waals surface area contributed by atoms with Gasteiger partial charge in [0.2, 0.25) is 0 Å². The Morgan fingerprint density at radius 3 is 2.95 bits per heavy atom. The zero-order valence-electron chi connectivity index (χ0n) is 10.5. The molecular formula is C13H15ClN4O. The summed E-state index contributed by atoms with van der Waals surface area (Å²) in [6.45, 7) is 2.23. The van der Waals surface area contributed by atoms with Crippen LogP contribution in [0.2, 0.25) is 0 Å². The fourth-order valence-electron chi connectivity index (χ4n) is 1.35. The number of hydrogen-bond acceptors (Lipinski definition) is 4. The van der Waals surface area contributed by atoms with Crippen LogP contribution >= 0.6 is 11.6 Å². The summed E-state index contributed by atoms with van der Waals surface area (Å²) in [6.07, 6.45) is 1.33. The topological polar surface area (TPSA) is 90.9 Å². The van der Waals surface area contributed by atoms with Crippen molar-refractivity contribution < 1.29 is 4.79 Å². The van der Waals surface area contributed by atoms with Crippen molar-refractivity contribution in [2.45, 2.75) is 6.92 Å². The molecule has 1 rings (SSSR count). The number of aryl methyl sites for hydroxylation is 1. The van der Waals surface area contributed by atoms with Crippen LogP contribution in [-0.2, 0) is 4.79 Å². The number of rotatable bonds is 5. The summed E-state index contributed by atoms with van der Waals surface area (Å²) in [4.78, 5) is 11.6. The van der Waals surface area contributed by atoms with Gasteiger partial charge in [-0.2, -0.15) is 5.26 Å². The second-order valence-electron chi connectivity index (χ2n) is 3.85. The number of nitrogens with zero attached hydrogens (tertiary/aromatic N) is 1. The third kappa shape index (κ3) is 4.53. The monoisotopic (exact) mass is 278 g/mol. The van der Waals surface area contributed by atoms with Crippen molar-refractivity contribution >= 4 is 28.9 Å². The molecule has 0 spiro atoms. The molecule has 0 bridgehead atoms. The second kappa shape index (κ2) is 7.29. The molecule has 0 heterocycles. The van der Waals surface area contributed by atoms with Gasteiger partial charge in [0.25, 0.3) is 5.91 Å². The molecule has 1 amide bonds. The molecule has 0 radical (unpaired) electrons. The van der Waals surface area contributed by atoms with Crippen LogP contribution in [0.4, 0.5) is 11.4 Å². The van der Waals surface area contributed by atoms with Crippen LogP contribution < -0.4 is 16.4 Å². The summed E-state index contributed by atoms with van der Waals surface area (Å²) in [6, 6.07) is 7.28. The van der Waals surface area contributed by atoms with E-state index in [1.165, 1.54) is 6.20 Å². The molecule has 4 N–H and O–H groups in total. The summed E-state index contributed by atoms with van der Waals surface area (Å²) in [5.74, 6) is -0.176. The molecular weight excluding hydrogens is 264 g/mol. The Kier molecular flexibility index (Phi) is 5.71. The number of nitrogens with one attached hydrogen (secondary N) is 2. The summed E-state index contributed by atoms with van der Waals surface area (Å²) >= 11 is 5.46. The zero-order chi connectivity index (χ0) is 14.3. The lowest BCUT2D eigenvalue weighted by atomic mass is 10.2. The molecule has 0 saturated carbocycles. The first-order chi connectivity index (χ1) is 9.08. The van der Waals surface area contributed by atoms with E-state index in [0.29, 0.717) is 23.8 Å². The van der Waals surface area contributed by atoms with Gasteiger partial charge in [-0.15, -0.1) is 11.6 Å². The largest absolute Gasteiger partial charge is 0.397 e. The van der Waals surface area contributed by atoms with Crippen LogP contribution in [0.1, 0.15) is 5.56 Å². The zero-order valence-corrected chi connectivity index (χ0v) is 11.3. The predicted molar refractivity (Wildman–Crippen MR) is 76.6 cm³/mol. The Hall–Kier alpha value is -2.19. The highest BCUT2D eigenvalue weighted by molar-refractivity contribution is 6.18. The van der Waals surface area contributed by atoms with Crippen LogP contribution in [0.3, 0.4) is 0 Å². The van der Waals surface area contributed by atoms with E-state index in [9.17, 15) is 4.79 Å². The molecule has 0 aliphatic heterocycles. The van der Waals surface area contributed by atoms with E-state index in [1.807, 2.05) is 25.1 Å². The first-order valence-electron chi connectivity index (χ1n) is 5.65. The van der Waals surface area contributed by atoms with E-state index < -0.39 is 5.91 Å². The number of amides is 1. The Labute approximate surface area is 117 Å². The number of halogens is 1. The summed E-state index contributed by atoms with van der Waals surface area (Å²) in [5, 5.41) is 14.3. The van der Waals surface area contributed by atoms with Gasteiger partial charge in [0.15, 0.2) is 0 Å². The molecule has 0 aliphatic rings. The van der Waals surface area contributed by atoms with Gasteiger partial charge in [-0.1, -0.05) is 6.07 Å². The van der Waals surface area contributed by atoms with Crippen LogP contribution in [0.25, 0.3) is 0 Å². The molecule has 0 unspecified atom stereocenters. The molecule has 0 atom stereocenters. The third-order valence-corrected chi connectivity index (χ3v) is 2.51. The molecule has 0 aliphatic carbocycles. The van der Waals surface area contributed by atoms with E-state index in [2.05, 4.69) is 10.6 Å². The fourth-order valence-corrected chi connectivity index (χ4v) is 1.44. The Bertz CT molecular complexity index is 534. The maximum Gasteiger partial charge on any atom is 0.263 e. The maximum atomic E-state index is 11.6. The Balaban J connectivity index is 2.80. The lowest BCUT2D eigenvalue weighted by Crippen LogP contribution is -2.26. The van der Waals surface area contributed by atoms with E-state index >= 15 is 0 Å². The molecule has 6 heteroatoms. The van der Waals surface area contributed by atoms with Gasteiger partial charge >= 0.3 is 0 Å². The number of nitrogen functional groups attached to an aromatic ring is 1. The predicted octanol–water partition coefficient (Wildman–Crippen LogP) is 1.75. The molecule has 19 heavy (non-hydrogen) atoms. The van der Waals surface area contributed by atoms with E-state index in [4.69, 9.17) is 22.6 Å². The van der Waals surface area contributed by atoms with E-state index in [1.54, 1.807) is 6.07 Å². The summed E-state index contributed by atoms with van der Waals surface area (Å²) in [5.41, 5.74) is 7.96. The minimum Gasteiger partial charge on any atom is -0.397 e. The number of nitrogens with two attached hydrogens (primary N) is 1. The van der Waals surface area contributed by atoms with Crippen molar-refractivity contribution in [3.8, 4) is 6.07 Å². The average molecular weight is 279 g/mol. The van der Waals surface area contributed by atoms with Crippen molar-refractivity contribution in [1.29, 1.82) is 5.26 Å². The van der Waals surface area contributed by atoms with Crippen molar-refractivity contribution in [3.05, 3.63) is 35.5 Å². The fraction of sp³-hybridized carbons (Fsp3) is 0.231. The second-order valence-corrected chi connectivity index (χ2v) is 4.23. The van der Waals surface area contributed by atoms with Crippen molar-refractivity contribution in [2.24, 2.45) is 0 Å². The minimum atomic E-state index is -0.470. The van der Waals surface area contributed by atoms with E-state index in [-0.39, 0.29) is 5.57 Å². The maximum absolute atomic E-state index is 11.6. The van der Waals surface area contributed by atoms with Crippen LogP contribution in [0.5, 0.6) is 0 Å². The van der Waals surface area contributed by atoms with Crippen LogP contribution in [0, 0.1) is 18.3 Å². The number of nitriles is 1. The van der Waals surface area contributed by atoms with Gasteiger partial charge in [0.05, 0.1) is 11.4 Å². The van der Waals surface area contributed by atoms with Crippen molar-refractivity contribution in [1.82, 2.24) is 5.32 Å². The lowest BCUT2D eigenvalue weighted by Gasteiger charge is -2.07. The highest BCUT2D eigenvalue weighted by Gasteiger charge is 2.07. The standard InChI is InChI=1S/C13H15ClN4O/c1-9-2-3-11(16)12(6-9)18-8-10(7-15)13(19)17-5-4-14/h2-3,6,8,18H,4-5,16H2,1H3,(H,17,19)/b10-8-. The summed E-state index contributed by atoms with van der Waals surface area (Å²) in [7, 11) is 0. The van der Waals surface area contributed by atoms with Crippen molar-refractivity contribution in [2.75, 3.05) is 23.5 Å². The molecule has 1 aromatic rings. The van der Waals surface area contributed by atoms with Gasteiger partial charge in [-0.3, -0.25) is 4.79 Å². The van der Waals surface area contributed by atoms with Crippen LogP contribution in [-0.4, -0.2) is 18.3 Å². The molecule has 1 aromatic carbocycles. The number of hydrogen-bond donors (Lipinski definition) is 3. The quantitative estimate of drug-likeness (QED) is 0.331. The lowest BCUT2D eigenvalue weighted by molar-refractivity contribution is -0.117. The Morgan fingerprint density at radius 2 is 2.32 bits per heavy atom. The van der Waals surface area contributed by atoms with Gasteiger partial charge < -0.3 is 16.4 Å². The average Bonchev–Trinajstić information content (AvgIpc) is 2.40. The smallest absolute Gasteiger partial charge is 0.263 e. The minimum absolute atomic E-state index is 0.0361. The molecule has 0 aromatic heterocycles. The SMILES string of the molecule is Cc1ccc(N)c(N/C=C(/C#N)C(=O)NCCCl)c1. The van der Waals surface area contributed by atoms with Gasteiger partial charge in [-0.25, -0.2) is 0 Å². The van der Waals surface area contributed by atoms with Crippen LogP contribution in [0.15, 0.2) is 30.0 Å². The molecule has 0 saturated heterocycles. The van der Waals surface area contributed by atoms with Gasteiger partial charge in [0.1, 0.15) is 11.6 Å². The first kappa shape index (κ1) is 14.9. The number of alkyl halides is 1. The first-order valence-corrected chi connectivity index (χ1v) is 6.19. The number of carbonyl (C=O) groups is 1. The number of benzene rings is 1. The molecule has 100 valence electrons. The number of anilines is 2. The third-order valence-electron chi connectivity index (χ3n) is 2.33. The summed E-state index contributed by atoms with van der Waals surface area (Å²) < 4.78 is 0. The highest BCUT2D eigenvalue weighted by Crippen LogP contribution is 2.19. The Morgan fingerprint density at radius 1 is 1.58 bits per heavy atom. The number of carbonyl (C=O) groups excluding carboxylic acids is 1.